The summed E-state index contributed by atoms with van der Waals surface area (Å²) in [4.78, 5) is 3.75. The molecule has 0 unspecified atom stereocenters. The number of aromatic nitrogens is 1. The second-order valence-corrected chi connectivity index (χ2v) is 1.99. The van der Waals surface area contributed by atoms with Crippen molar-refractivity contribution < 1.29 is 0 Å². The van der Waals surface area contributed by atoms with E-state index in [2.05, 4.69) is 27.1 Å². The number of alkyl halides is 1. The molecule has 1 heterocycles. The van der Waals surface area contributed by atoms with Crippen LogP contribution in [0.3, 0.4) is 0 Å². The highest BCUT2D eigenvalue weighted by molar-refractivity contribution is 9.08. The van der Waals surface area contributed by atoms with Crippen LogP contribution in [0.2, 0.25) is 0 Å². The molecule has 1 aromatic heterocycles. The Kier molecular flexibility index (Phi) is 2.03. The van der Waals surface area contributed by atoms with Gasteiger partial charge in [-0.15, -0.1) is 0 Å². The van der Waals surface area contributed by atoms with Crippen LogP contribution in [-0.2, 0) is 5.33 Å². The fourth-order valence-corrected chi connectivity index (χ4v) is 0.776. The summed E-state index contributed by atoms with van der Waals surface area (Å²) in [6, 6.07) is 3.81. The summed E-state index contributed by atoms with van der Waals surface area (Å²) >= 11 is 3.31. The standard InChI is InChI=1S/C6H5BrN/c7-5-6-1-3-8-4-2-6/h1-3H,5H2. The molecule has 0 aromatic carbocycles. The summed E-state index contributed by atoms with van der Waals surface area (Å²) in [7, 11) is 0. The van der Waals surface area contributed by atoms with Crippen molar-refractivity contribution in [2.75, 3.05) is 0 Å². The zero-order valence-corrected chi connectivity index (χ0v) is 5.85. The Balaban J connectivity index is 2.83. The largest absolute Gasteiger partial charge is 0.255 e. The highest BCUT2D eigenvalue weighted by Crippen LogP contribution is 2.00. The molecule has 0 spiro atoms. The smallest absolute Gasteiger partial charge is 0.0889 e. The van der Waals surface area contributed by atoms with Crippen molar-refractivity contribution in [1.29, 1.82) is 0 Å². The average Bonchev–Trinajstić information content (AvgIpc) is 1.90. The van der Waals surface area contributed by atoms with Crippen molar-refractivity contribution in [1.82, 2.24) is 4.98 Å². The molecule has 0 aliphatic heterocycles. The van der Waals surface area contributed by atoms with E-state index in [4.69, 9.17) is 0 Å². The van der Waals surface area contributed by atoms with E-state index < -0.39 is 0 Å². The predicted molar refractivity (Wildman–Crippen MR) is 35.7 cm³/mol. The maximum absolute atomic E-state index is 3.75. The molecule has 1 nitrogen and oxygen atoms in total. The van der Waals surface area contributed by atoms with Gasteiger partial charge < -0.3 is 0 Å². The monoisotopic (exact) mass is 170 g/mol. The Morgan fingerprint density at radius 2 is 2.62 bits per heavy atom. The van der Waals surface area contributed by atoms with Crippen LogP contribution in [0.25, 0.3) is 0 Å². The number of hydrogen-bond donors (Lipinski definition) is 0. The fourth-order valence-electron chi connectivity index (χ4n) is 0.427. The molecule has 0 N–H and O–H groups in total. The first kappa shape index (κ1) is 5.76. The van der Waals surface area contributed by atoms with E-state index in [1.807, 2.05) is 12.1 Å². The minimum absolute atomic E-state index is 0.881. The van der Waals surface area contributed by atoms with E-state index in [-0.39, 0.29) is 0 Å². The predicted octanol–water partition coefficient (Wildman–Crippen LogP) is 1.78. The lowest BCUT2D eigenvalue weighted by Gasteiger charge is -1.87. The second kappa shape index (κ2) is 2.82. The zero-order chi connectivity index (χ0) is 5.82. The van der Waals surface area contributed by atoms with Crippen molar-refractivity contribution in [3.63, 3.8) is 0 Å². The van der Waals surface area contributed by atoms with E-state index in [0.29, 0.717) is 0 Å². The van der Waals surface area contributed by atoms with Gasteiger partial charge in [0.15, 0.2) is 0 Å². The summed E-state index contributed by atoms with van der Waals surface area (Å²) in [6.07, 6.45) is 4.46. The zero-order valence-electron chi connectivity index (χ0n) is 4.26. The fraction of sp³-hybridized carbons (Fsp3) is 0.167. The van der Waals surface area contributed by atoms with E-state index in [9.17, 15) is 0 Å². The Labute approximate surface area is 56.9 Å². The van der Waals surface area contributed by atoms with Crippen LogP contribution in [0.15, 0.2) is 18.3 Å². The van der Waals surface area contributed by atoms with E-state index in [1.165, 1.54) is 5.56 Å². The van der Waals surface area contributed by atoms with Crippen LogP contribution >= 0.6 is 15.9 Å². The molecule has 1 aromatic rings. The van der Waals surface area contributed by atoms with Gasteiger partial charge in [-0.25, -0.2) is 0 Å². The van der Waals surface area contributed by atoms with Gasteiger partial charge in [0.25, 0.3) is 0 Å². The normalized spacial score (nSPS) is 9.12. The first-order valence-corrected chi connectivity index (χ1v) is 3.42. The lowest BCUT2D eigenvalue weighted by Crippen LogP contribution is -1.75. The minimum Gasteiger partial charge on any atom is -0.255 e. The van der Waals surface area contributed by atoms with Crippen LogP contribution in [0.4, 0.5) is 0 Å². The van der Waals surface area contributed by atoms with Gasteiger partial charge in [0, 0.05) is 11.5 Å². The van der Waals surface area contributed by atoms with Crippen molar-refractivity contribution >= 4 is 15.9 Å². The number of pyridine rings is 1. The van der Waals surface area contributed by atoms with Gasteiger partial charge in [0.2, 0.25) is 0 Å². The molecule has 0 atom stereocenters. The number of rotatable bonds is 1. The van der Waals surface area contributed by atoms with Gasteiger partial charge in [-0.2, -0.15) is 0 Å². The summed E-state index contributed by atoms with van der Waals surface area (Å²) < 4.78 is 0. The Morgan fingerprint density at radius 1 is 1.75 bits per heavy atom. The Bertz CT molecular complexity index is 150. The number of nitrogens with zero attached hydrogens (tertiary/aromatic N) is 1. The van der Waals surface area contributed by atoms with Gasteiger partial charge in [-0.1, -0.05) is 15.9 Å². The third-order valence-electron chi connectivity index (χ3n) is 0.842. The number of hydrogen-bond acceptors (Lipinski definition) is 1. The molecule has 0 fully saturated rings. The van der Waals surface area contributed by atoms with Gasteiger partial charge >= 0.3 is 0 Å². The minimum atomic E-state index is 0.881. The molecule has 0 aliphatic rings. The molecule has 0 saturated carbocycles. The van der Waals surface area contributed by atoms with Crippen molar-refractivity contribution in [2.45, 2.75) is 5.33 Å². The third-order valence-corrected chi connectivity index (χ3v) is 1.49. The van der Waals surface area contributed by atoms with Crippen molar-refractivity contribution in [3.05, 3.63) is 30.1 Å². The van der Waals surface area contributed by atoms with Gasteiger partial charge in [-0.05, 0) is 17.7 Å². The summed E-state index contributed by atoms with van der Waals surface area (Å²) in [6.45, 7) is 0. The molecule has 1 radical (unpaired) electrons. The molecule has 2 heteroatoms. The average molecular weight is 171 g/mol. The highest BCUT2D eigenvalue weighted by Gasteiger charge is 1.82. The van der Waals surface area contributed by atoms with Crippen LogP contribution in [0, 0.1) is 6.20 Å². The van der Waals surface area contributed by atoms with Crippen LogP contribution in [-0.4, -0.2) is 4.98 Å². The Morgan fingerprint density at radius 3 is 3.00 bits per heavy atom. The molecule has 41 valence electrons. The molecule has 8 heavy (non-hydrogen) atoms. The first-order chi connectivity index (χ1) is 3.93. The van der Waals surface area contributed by atoms with E-state index in [1.54, 1.807) is 6.20 Å². The second-order valence-electron chi connectivity index (χ2n) is 1.43. The molecular formula is C6H5BrN. The van der Waals surface area contributed by atoms with Crippen LogP contribution < -0.4 is 0 Å². The quantitative estimate of drug-likeness (QED) is 0.586. The van der Waals surface area contributed by atoms with Gasteiger partial charge in [-0.3, -0.25) is 4.98 Å². The number of halogens is 1. The molecule has 0 bridgehead atoms. The summed E-state index contributed by atoms with van der Waals surface area (Å²) in [5.41, 5.74) is 1.21. The molecule has 0 saturated heterocycles. The highest BCUT2D eigenvalue weighted by atomic mass is 79.9. The summed E-state index contributed by atoms with van der Waals surface area (Å²) in [5, 5.41) is 0.881. The topological polar surface area (TPSA) is 12.9 Å². The first-order valence-electron chi connectivity index (χ1n) is 2.30. The van der Waals surface area contributed by atoms with Crippen molar-refractivity contribution in [2.24, 2.45) is 0 Å². The lowest BCUT2D eigenvalue weighted by molar-refractivity contribution is 1.26. The SMILES string of the molecule is BrCc1c[c]ncc1. The molecule has 1 rings (SSSR count). The van der Waals surface area contributed by atoms with Crippen LogP contribution in [0.5, 0.6) is 0 Å². The Hall–Kier alpha value is -0.370. The van der Waals surface area contributed by atoms with Gasteiger partial charge in [0.05, 0.1) is 6.20 Å². The molecule has 0 amide bonds. The maximum atomic E-state index is 3.75. The summed E-state index contributed by atoms with van der Waals surface area (Å²) in [5.74, 6) is 0. The third kappa shape index (κ3) is 1.30. The lowest BCUT2D eigenvalue weighted by atomic mass is 10.3. The van der Waals surface area contributed by atoms with Gasteiger partial charge in [0.1, 0.15) is 0 Å². The van der Waals surface area contributed by atoms with E-state index in [0.717, 1.165) is 5.33 Å². The van der Waals surface area contributed by atoms with E-state index >= 15 is 0 Å². The van der Waals surface area contributed by atoms with Crippen LogP contribution in [0.1, 0.15) is 5.56 Å². The molecule has 0 aliphatic carbocycles. The molecular weight excluding hydrogens is 166 g/mol. The van der Waals surface area contributed by atoms with Crippen molar-refractivity contribution in [3.8, 4) is 0 Å². The maximum Gasteiger partial charge on any atom is 0.0889 e.